The number of aryl methyl sites for hydroxylation is 1. The van der Waals surface area contributed by atoms with Crippen molar-refractivity contribution in [1.82, 2.24) is 24.7 Å². The Morgan fingerprint density at radius 2 is 2.22 bits per heavy atom. The maximum Gasteiger partial charge on any atom is 0.377 e. The molecule has 0 fully saturated rings. The maximum absolute atomic E-state index is 11.2. The average Bonchev–Trinajstić information content (AvgIpc) is 2.86. The fourth-order valence-electron chi connectivity index (χ4n) is 1.36. The standard InChI is InChI=1S/C10H12N6O2/c1-6-13-7(11-2)4-8(14-6)16-5-12-9(15-16)10(17)18-3/h4-5H,1-3H3,(H,11,13,14). The van der Waals surface area contributed by atoms with Crippen molar-refractivity contribution < 1.29 is 9.53 Å². The van der Waals surface area contributed by atoms with Crippen LogP contribution in [0.25, 0.3) is 5.82 Å². The van der Waals surface area contributed by atoms with Crippen LogP contribution in [0.3, 0.4) is 0 Å². The van der Waals surface area contributed by atoms with E-state index in [4.69, 9.17) is 0 Å². The van der Waals surface area contributed by atoms with Crippen molar-refractivity contribution >= 4 is 11.8 Å². The highest BCUT2D eigenvalue weighted by atomic mass is 16.5. The first-order chi connectivity index (χ1) is 8.63. The molecule has 0 aliphatic heterocycles. The highest BCUT2D eigenvalue weighted by Gasteiger charge is 2.13. The van der Waals surface area contributed by atoms with Gasteiger partial charge in [0.05, 0.1) is 7.11 Å². The summed E-state index contributed by atoms with van der Waals surface area (Å²) in [4.78, 5) is 23.5. The Hall–Kier alpha value is -2.51. The van der Waals surface area contributed by atoms with Crippen LogP contribution in [0.2, 0.25) is 0 Å². The minimum atomic E-state index is -0.589. The molecule has 1 N–H and O–H groups in total. The van der Waals surface area contributed by atoms with Crippen LogP contribution >= 0.6 is 0 Å². The van der Waals surface area contributed by atoms with E-state index in [1.165, 1.54) is 18.1 Å². The molecule has 0 aromatic carbocycles. The minimum Gasteiger partial charge on any atom is -0.463 e. The maximum atomic E-state index is 11.2. The number of hydrogen-bond donors (Lipinski definition) is 1. The van der Waals surface area contributed by atoms with Crippen molar-refractivity contribution in [3.63, 3.8) is 0 Å². The predicted molar refractivity (Wildman–Crippen MR) is 62.6 cm³/mol. The number of rotatable bonds is 3. The Morgan fingerprint density at radius 3 is 2.89 bits per heavy atom. The highest BCUT2D eigenvalue weighted by Crippen LogP contribution is 2.09. The summed E-state index contributed by atoms with van der Waals surface area (Å²) in [6.07, 6.45) is 1.40. The number of anilines is 1. The molecule has 2 aromatic heterocycles. The number of aromatic nitrogens is 5. The molecule has 94 valence electrons. The van der Waals surface area contributed by atoms with Gasteiger partial charge in [0.2, 0.25) is 0 Å². The number of carbonyl (C=O) groups excluding carboxylic acids is 1. The molecule has 0 radical (unpaired) electrons. The first-order valence-corrected chi connectivity index (χ1v) is 5.18. The number of nitrogens with one attached hydrogen (secondary N) is 1. The summed E-state index contributed by atoms with van der Waals surface area (Å²) in [7, 11) is 3.03. The molecule has 2 aromatic rings. The van der Waals surface area contributed by atoms with Gasteiger partial charge < -0.3 is 10.1 Å². The van der Waals surface area contributed by atoms with E-state index in [-0.39, 0.29) is 5.82 Å². The lowest BCUT2D eigenvalue weighted by Crippen LogP contribution is -2.07. The van der Waals surface area contributed by atoms with Crippen molar-refractivity contribution in [2.24, 2.45) is 0 Å². The van der Waals surface area contributed by atoms with Gasteiger partial charge in [-0.1, -0.05) is 0 Å². The summed E-state index contributed by atoms with van der Waals surface area (Å²) in [5, 5.41) is 6.90. The average molecular weight is 248 g/mol. The van der Waals surface area contributed by atoms with Crippen LogP contribution in [-0.2, 0) is 4.74 Å². The van der Waals surface area contributed by atoms with E-state index in [9.17, 15) is 4.79 Å². The van der Waals surface area contributed by atoms with Gasteiger partial charge in [-0.05, 0) is 6.92 Å². The Labute approximate surface area is 103 Å². The molecule has 0 unspecified atom stereocenters. The Kier molecular flexibility index (Phi) is 3.18. The Balaban J connectivity index is 2.39. The van der Waals surface area contributed by atoms with Crippen LogP contribution in [0, 0.1) is 6.92 Å². The smallest absolute Gasteiger partial charge is 0.377 e. The Bertz CT molecular complexity index is 579. The van der Waals surface area contributed by atoms with E-state index in [1.54, 1.807) is 20.0 Å². The third kappa shape index (κ3) is 2.26. The summed E-state index contributed by atoms with van der Waals surface area (Å²) in [5.41, 5.74) is 0. The Morgan fingerprint density at radius 1 is 1.44 bits per heavy atom. The van der Waals surface area contributed by atoms with Gasteiger partial charge in [-0.3, -0.25) is 0 Å². The van der Waals surface area contributed by atoms with E-state index >= 15 is 0 Å². The predicted octanol–water partition coefficient (Wildman–Crippen LogP) is 0.194. The summed E-state index contributed by atoms with van der Waals surface area (Å²) in [6.45, 7) is 1.77. The number of methoxy groups -OCH3 is 1. The summed E-state index contributed by atoms with van der Waals surface area (Å²) in [6, 6.07) is 1.70. The first kappa shape index (κ1) is 12.0. The molecule has 0 spiro atoms. The number of nitrogens with zero attached hydrogens (tertiary/aromatic N) is 5. The molecule has 0 atom stereocenters. The van der Waals surface area contributed by atoms with E-state index in [1.807, 2.05) is 0 Å². The summed E-state index contributed by atoms with van der Waals surface area (Å²) < 4.78 is 5.92. The number of carbonyl (C=O) groups is 1. The van der Waals surface area contributed by atoms with Gasteiger partial charge in [0.15, 0.2) is 5.82 Å². The molecule has 8 nitrogen and oxygen atoms in total. The van der Waals surface area contributed by atoms with Crippen molar-refractivity contribution in [2.75, 3.05) is 19.5 Å². The van der Waals surface area contributed by atoms with Gasteiger partial charge in [-0.2, -0.15) is 0 Å². The molecular formula is C10H12N6O2. The van der Waals surface area contributed by atoms with Crippen LogP contribution < -0.4 is 5.32 Å². The SMILES string of the molecule is CNc1cc(-n2cnc(C(=O)OC)n2)nc(C)n1. The van der Waals surface area contributed by atoms with Crippen molar-refractivity contribution in [3.05, 3.63) is 24.0 Å². The van der Waals surface area contributed by atoms with Crippen molar-refractivity contribution in [2.45, 2.75) is 6.92 Å². The number of ether oxygens (including phenoxy) is 1. The monoisotopic (exact) mass is 248 g/mol. The van der Waals surface area contributed by atoms with Gasteiger partial charge in [-0.15, -0.1) is 5.10 Å². The van der Waals surface area contributed by atoms with Gasteiger partial charge in [-0.25, -0.2) is 24.4 Å². The third-order valence-electron chi connectivity index (χ3n) is 2.18. The molecule has 2 rings (SSSR count). The zero-order valence-corrected chi connectivity index (χ0v) is 10.2. The lowest BCUT2D eigenvalue weighted by molar-refractivity contribution is 0.0587. The lowest BCUT2D eigenvalue weighted by atomic mass is 10.5. The fraction of sp³-hybridized carbons (Fsp3) is 0.300. The van der Waals surface area contributed by atoms with Gasteiger partial charge >= 0.3 is 5.97 Å². The number of hydrogen-bond acceptors (Lipinski definition) is 7. The zero-order valence-electron chi connectivity index (χ0n) is 10.2. The minimum absolute atomic E-state index is 0.0141. The second-order valence-corrected chi connectivity index (χ2v) is 3.41. The first-order valence-electron chi connectivity index (χ1n) is 5.18. The van der Waals surface area contributed by atoms with Crippen LogP contribution in [0.1, 0.15) is 16.4 Å². The van der Waals surface area contributed by atoms with Crippen LogP contribution in [0.5, 0.6) is 0 Å². The topological polar surface area (TPSA) is 94.8 Å². The quantitative estimate of drug-likeness (QED) is 0.775. The van der Waals surface area contributed by atoms with E-state index in [2.05, 4.69) is 30.1 Å². The molecule has 0 saturated heterocycles. The van der Waals surface area contributed by atoms with Crippen LogP contribution in [0.15, 0.2) is 12.4 Å². The normalized spacial score (nSPS) is 10.2. The van der Waals surface area contributed by atoms with Crippen LogP contribution in [-0.4, -0.2) is 44.9 Å². The van der Waals surface area contributed by atoms with E-state index in [0.29, 0.717) is 17.5 Å². The van der Waals surface area contributed by atoms with Gasteiger partial charge in [0, 0.05) is 13.1 Å². The zero-order chi connectivity index (χ0) is 13.1. The van der Waals surface area contributed by atoms with E-state index < -0.39 is 5.97 Å². The second-order valence-electron chi connectivity index (χ2n) is 3.41. The molecule has 2 heterocycles. The summed E-state index contributed by atoms with van der Waals surface area (Å²) in [5.74, 6) is 1.17. The largest absolute Gasteiger partial charge is 0.463 e. The molecule has 0 aliphatic carbocycles. The molecule has 0 aliphatic rings. The molecule has 18 heavy (non-hydrogen) atoms. The molecule has 0 amide bonds. The summed E-state index contributed by atoms with van der Waals surface area (Å²) >= 11 is 0. The third-order valence-corrected chi connectivity index (χ3v) is 2.18. The highest BCUT2D eigenvalue weighted by molar-refractivity contribution is 5.84. The van der Waals surface area contributed by atoms with E-state index in [0.717, 1.165) is 0 Å². The fourth-order valence-corrected chi connectivity index (χ4v) is 1.36. The van der Waals surface area contributed by atoms with Gasteiger partial charge in [0.25, 0.3) is 5.82 Å². The molecular weight excluding hydrogens is 236 g/mol. The molecule has 0 bridgehead atoms. The second kappa shape index (κ2) is 4.78. The van der Waals surface area contributed by atoms with Gasteiger partial charge in [0.1, 0.15) is 18.0 Å². The lowest BCUT2D eigenvalue weighted by Gasteiger charge is -2.04. The molecule has 8 heteroatoms. The van der Waals surface area contributed by atoms with Crippen molar-refractivity contribution in [1.29, 1.82) is 0 Å². The number of esters is 1. The molecule has 0 saturated carbocycles. The van der Waals surface area contributed by atoms with Crippen molar-refractivity contribution in [3.8, 4) is 5.82 Å². The van der Waals surface area contributed by atoms with Crippen LogP contribution in [0.4, 0.5) is 5.82 Å².